The van der Waals surface area contributed by atoms with Crippen molar-refractivity contribution in [1.29, 1.82) is 0 Å². The zero-order valence-electron chi connectivity index (χ0n) is 20.8. The molecule has 4 aliphatic carbocycles. The summed E-state index contributed by atoms with van der Waals surface area (Å²) in [6.45, 7) is 7.73. The summed E-state index contributed by atoms with van der Waals surface area (Å²) in [5.41, 5.74) is 2.56. The van der Waals surface area contributed by atoms with Gasteiger partial charge in [0.25, 0.3) is 0 Å². The molecule has 0 amide bonds. The quantitative estimate of drug-likeness (QED) is 0.331. The first-order valence-corrected chi connectivity index (χ1v) is 13.1. The summed E-state index contributed by atoms with van der Waals surface area (Å²) in [5.74, 6) is 5.20. The highest BCUT2D eigenvalue weighted by Gasteiger charge is 2.61. The maximum absolute atomic E-state index is 11.6. The molecule has 0 aliphatic heterocycles. The van der Waals surface area contributed by atoms with E-state index in [0.717, 1.165) is 41.9 Å². The van der Waals surface area contributed by atoms with Crippen LogP contribution in [0.2, 0.25) is 0 Å². The van der Waals surface area contributed by atoms with Crippen molar-refractivity contribution in [2.24, 2.45) is 46.3 Å². The largest absolute Gasteiger partial charge is 0.504 e. The summed E-state index contributed by atoms with van der Waals surface area (Å²) in [4.78, 5) is 11.6. The van der Waals surface area contributed by atoms with Crippen LogP contribution in [0.5, 0.6) is 0 Å². The SMILES string of the molecule is CC[C@H]1CC2C3CCC(CCCC(=O)OC)C3(C)CC[C@@H]2C2(C)CC/C(=C/OC)CC12. The van der Waals surface area contributed by atoms with E-state index in [2.05, 4.69) is 20.8 Å². The van der Waals surface area contributed by atoms with Crippen LogP contribution in [0.25, 0.3) is 0 Å². The second-order valence-corrected chi connectivity index (χ2v) is 11.9. The summed E-state index contributed by atoms with van der Waals surface area (Å²) < 4.78 is 10.3. The van der Waals surface area contributed by atoms with Gasteiger partial charge in [0.15, 0.2) is 0 Å². The van der Waals surface area contributed by atoms with Gasteiger partial charge in [-0.15, -0.1) is 0 Å². The minimum atomic E-state index is -0.0420. The van der Waals surface area contributed by atoms with Gasteiger partial charge in [-0.3, -0.25) is 4.79 Å². The van der Waals surface area contributed by atoms with Crippen molar-refractivity contribution >= 4 is 5.97 Å². The average Bonchev–Trinajstić information content (AvgIpc) is 3.10. The Morgan fingerprint density at radius 1 is 1.06 bits per heavy atom. The van der Waals surface area contributed by atoms with Gasteiger partial charge in [0.05, 0.1) is 20.5 Å². The average molecular weight is 431 g/mol. The fraction of sp³-hybridized carbons (Fsp3) is 0.893. The van der Waals surface area contributed by atoms with E-state index in [4.69, 9.17) is 9.47 Å². The predicted molar refractivity (Wildman–Crippen MR) is 125 cm³/mol. The van der Waals surface area contributed by atoms with Crippen LogP contribution in [0, 0.1) is 46.3 Å². The maximum atomic E-state index is 11.6. The molecular weight excluding hydrogens is 384 g/mol. The van der Waals surface area contributed by atoms with E-state index >= 15 is 0 Å². The number of rotatable bonds is 6. The summed E-state index contributed by atoms with van der Waals surface area (Å²) in [6, 6.07) is 0. The fourth-order valence-corrected chi connectivity index (χ4v) is 9.25. The van der Waals surface area contributed by atoms with E-state index in [9.17, 15) is 4.79 Å². The first-order valence-electron chi connectivity index (χ1n) is 13.1. The molecule has 0 radical (unpaired) electrons. The lowest BCUT2D eigenvalue weighted by atomic mass is 9.42. The van der Waals surface area contributed by atoms with Crippen LogP contribution < -0.4 is 0 Å². The predicted octanol–water partition coefficient (Wildman–Crippen LogP) is 7.16. The van der Waals surface area contributed by atoms with E-state index < -0.39 is 0 Å². The highest BCUT2D eigenvalue weighted by atomic mass is 16.5. The Morgan fingerprint density at radius 3 is 2.55 bits per heavy atom. The van der Waals surface area contributed by atoms with Gasteiger partial charge in [0, 0.05) is 6.42 Å². The first-order chi connectivity index (χ1) is 14.9. The van der Waals surface area contributed by atoms with Gasteiger partial charge in [-0.1, -0.05) is 27.2 Å². The number of hydrogen-bond acceptors (Lipinski definition) is 3. The Balaban J connectivity index is 1.51. The Bertz CT molecular complexity index is 684. The lowest BCUT2D eigenvalue weighted by Gasteiger charge is -2.63. The summed E-state index contributed by atoms with van der Waals surface area (Å²) in [7, 11) is 3.32. The summed E-state index contributed by atoms with van der Waals surface area (Å²) >= 11 is 0. The van der Waals surface area contributed by atoms with Crippen molar-refractivity contribution < 1.29 is 14.3 Å². The molecule has 4 saturated carbocycles. The molecule has 0 heterocycles. The first kappa shape index (κ1) is 23.2. The molecule has 0 bridgehead atoms. The third kappa shape index (κ3) is 3.97. The number of hydrogen-bond donors (Lipinski definition) is 0. The summed E-state index contributed by atoms with van der Waals surface area (Å²) in [5, 5.41) is 0. The van der Waals surface area contributed by atoms with Crippen LogP contribution in [-0.4, -0.2) is 20.2 Å². The van der Waals surface area contributed by atoms with E-state index in [1.807, 2.05) is 6.26 Å². The van der Waals surface area contributed by atoms with Crippen LogP contribution in [0.1, 0.15) is 97.8 Å². The molecule has 176 valence electrons. The molecule has 3 heteroatoms. The molecule has 31 heavy (non-hydrogen) atoms. The second-order valence-electron chi connectivity index (χ2n) is 11.9. The molecule has 6 unspecified atom stereocenters. The van der Waals surface area contributed by atoms with Gasteiger partial charge in [0.2, 0.25) is 0 Å². The number of methoxy groups -OCH3 is 2. The molecule has 8 atom stereocenters. The zero-order valence-corrected chi connectivity index (χ0v) is 20.8. The number of carbonyl (C=O) groups excluding carboxylic acids is 1. The topological polar surface area (TPSA) is 35.5 Å². The van der Waals surface area contributed by atoms with Gasteiger partial charge in [-0.2, -0.15) is 0 Å². The molecule has 0 aromatic carbocycles. The summed E-state index contributed by atoms with van der Waals surface area (Å²) in [6.07, 6.45) is 17.1. The lowest BCUT2D eigenvalue weighted by molar-refractivity contribution is -0.141. The lowest BCUT2D eigenvalue weighted by Crippen LogP contribution is -2.55. The molecule has 4 aliphatic rings. The Labute approximate surface area is 190 Å². The van der Waals surface area contributed by atoms with E-state index in [1.54, 1.807) is 12.7 Å². The third-order valence-electron chi connectivity index (χ3n) is 10.9. The van der Waals surface area contributed by atoms with Crippen molar-refractivity contribution in [2.75, 3.05) is 14.2 Å². The smallest absolute Gasteiger partial charge is 0.305 e. The number of esters is 1. The number of carbonyl (C=O) groups is 1. The van der Waals surface area contributed by atoms with Crippen LogP contribution in [0.15, 0.2) is 11.8 Å². The van der Waals surface area contributed by atoms with Crippen molar-refractivity contribution in [1.82, 2.24) is 0 Å². The third-order valence-corrected chi connectivity index (χ3v) is 10.9. The highest BCUT2D eigenvalue weighted by molar-refractivity contribution is 5.68. The molecule has 0 aromatic rings. The van der Waals surface area contributed by atoms with Crippen molar-refractivity contribution in [2.45, 2.75) is 97.8 Å². The molecule has 0 spiro atoms. The molecule has 0 saturated heterocycles. The van der Waals surface area contributed by atoms with Crippen LogP contribution >= 0.6 is 0 Å². The van der Waals surface area contributed by atoms with E-state index in [-0.39, 0.29) is 5.97 Å². The Kier molecular flexibility index (Phi) is 6.80. The monoisotopic (exact) mass is 430 g/mol. The van der Waals surface area contributed by atoms with Gasteiger partial charge in [0.1, 0.15) is 0 Å². The van der Waals surface area contributed by atoms with Crippen LogP contribution in [0.3, 0.4) is 0 Å². The maximum Gasteiger partial charge on any atom is 0.305 e. The van der Waals surface area contributed by atoms with Gasteiger partial charge < -0.3 is 9.47 Å². The standard InChI is InChI=1S/C28H46O3/c1-6-20-17-22-23-11-10-21(8-7-9-26(29)31-5)27(23,2)15-13-24(22)28(3)14-12-19(18-30-4)16-25(20)28/h18,20-25H,6-17H2,1-5H3/b19-18-/t20-,21?,22?,23?,24-,25?,27?,28?/m0/s1. The molecule has 3 nitrogen and oxygen atoms in total. The van der Waals surface area contributed by atoms with Gasteiger partial charge in [-0.25, -0.2) is 0 Å². The number of allylic oxidation sites excluding steroid dienone is 1. The van der Waals surface area contributed by atoms with Gasteiger partial charge in [-0.05, 0) is 116 Å². The number of ether oxygens (including phenoxy) is 2. The van der Waals surface area contributed by atoms with Crippen LogP contribution in [0.4, 0.5) is 0 Å². The second kappa shape index (κ2) is 9.10. The fourth-order valence-electron chi connectivity index (χ4n) is 9.25. The molecule has 4 fully saturated rings. The highest BCUT2D eigenvalue weighted by Crippen LogP contribution is 2.69. The zero-order chi connectivity index (χ0) is 22.2. The molecule has 0 aromatic heterocycles. The Hall–Kier alpha value is -0.990. The Morgan fingerprint density at radius 2 is 1.84 bits per heavy atom. The minimum Gasteiger partial charge on any atom is -0.504 e. The van der Waals surface area contributed by atoms with Gasteiger partial charge >= 0.3 is 5.97 Å². The minimum absolute atomic E-state index is 0.0420. The molecule has 0 N–H and O–H groups in total. The van der Waals surface area contributed by atoms with Crippen molar-refractivity contribution in [3.8, 4) is 0 Å². The van der Waals surface area contributed by atoms with Crippen molar-refractivity contribution in [3.63, 3.8) is 0 Å². The normalized spacial score (nSPS) is 45.5. The van der Waals surface area contributed by atoms with E-state index in [1.165, 1.54) is 71.3 Å². The van der Waals surface area contributed by atoms with Crippen LogP contribution in [-0.2, 0) is 14.3 Å². The molecular formula is C28H46O3. The van der Waals surface area contributed by atoms with E-state index in [0.29, 0.717) is 17.3 Å². The van der Waals surface area contributed by atoms with Crippen molar-refractivity contribution in [3.05, 3.63) is 11.8 Å². The number of fused-ring (bicyclic) bond motifs is 5. The molecule has 4 rings (SSSR count).